The van der Waals surface area contributed by atoms with Crippen LogP contribution in [0.2, 0.25) is 0 Å². The Balaban J connectivity index is 1.91. The highest BCUT2D eigenvalue weighted by Gasteiger charge is 2.39. The number of fused-ring (bicyclic) bond motifs is 1. The molecule has 0 amide bonds. The zero-order valence-corrected chi connectivity index (χ0v) is 12.6. The van der Waals surface area contributed by atoms with Gasteiger partial charge < -0.3 is 10.1 Å². The lowest BCUT2D eigenvalue weighted by Crippen LogP contribution is -2.37. The van der Waals surface area contributed by atoms with Crippen LogP contribution in [0.15, 0.2) is 6.20 Å². The van der Waals surface area contributed by atoms with Gasteiger partial charge in [0.1, 0.15) is 5.60 Å². The van der Waals surface area contributed by atoms with E-state index in [0.717, 1.165) is 50.7 Å². The number of ether oxygens (including phenoxy) is 1. The summed E-state index contributed by atoms with van der Waals surface area (Å²) in [6.07, 6.45) is 7.54. The van der Waals surface area contributed by atoms with Gasteiger partial charge in [0.15, 0.2) is 5.82 Å². The first-order chi connectivity index (χ1) is 9.73. The molecule has 2 aliphatic rings. The fourth-order valence-corrected chi connectivity index (χ4v) is 3.39. The molecule has 0 saturated heterocycles. The molecule has 4 nitrogen and oxygen atoms in total. The van der Waals surface area contributed by atoms with E-state index >= 15 is 0 Å². The quantitative estimate of drug-likeness (QED) is 0.921. The molecule has 0 bridgehead atoms. The number of nitrogens with one attached hydrogen (secondary N) is 1. The SMILES string of the molecule is CCOC1(c2ncc3c(n2)CCNC3)CCC(C)CC1. The average molecular weight is 275 g/mol. The predicted molar refractivity (Wildman–Crippen MR) is 78.4 cm³/mol. The third kappa shape index (κ3) is 2.59. The number of nitrogens with zero attached hydrogens (tertiary/aromatic N) is 2. The second-order valence-electron chi connectivity index (χ2n) is 6.20. The van der Waals surface area contributed by atoms with Gasteiger partial charge in [-0.25, -0.2) is 9.97 Å². The molecule has 3 rings (SSSR count). The molecule has 0 spiro atoms. The van der Waals surface area contributed by atoms with Crippen molar-refractivity contribution in [3.05, 3.63) is 23.3 Å². The van der Waals surface area contributed by atoms with Crippen molar-refractivity contribution in [1.82, 2.24) is 15.3 Å². The van der Waals surface area contributed by atoms with Gasteiger partial charge in [-0.1, -0.05) is 6.92 Å². The Kier molecular flexibility index (Phi) is 4.03. The minimum Gasteiger partial charge on any atom is -0.367 e. The highest BCUT2D eigenvalue weighted by Crippen LogP contribution is 2.41. The average Bonchev–Trinajstić information content (AvgIpc) is 2.49. The molecule has 0 unspecified atom stereocenters. The van der Waals surface area contributed by atoms with Crippen LogP contribution in [-0.4, -0.2) is 23.1 Å². The molecule has 2 heterocycles. The van der Waals surface area contributed by atoms with E-state index in [1.807, 2.05) is 6.20 Å². The lowest BCUT2D eigenvalue weighted by Gasteiger charge is -2.38. The van der Waals surface area contributed by atoms with E-state index in [-0.39, 0.29) is 5.60 Å². The first-order valence-corrected chi connectivity index (χ1v) is 7.93. The molecular weight excluding hydrogens is 250 g/mol. The van der Waals surface area contributed by atoms with E-state index in [9.17, 15) is 0 Å². The smallest absolute Gasteiger partial charge is 0.160 e. The zero-order chi connectivity index (χ0) is 14.0. The van der Waals surface area contributed by atoms with Crippen LogP contribution in [0.5, 0.6) is 0 Å². The van der Waals surface area contributed by atoms with Crippen molar-refractivity contribution < 1.29 is 4.74 Å². The van der Waals surface area contributed by atoms with Crippen LogP contribution in [0, 0.1) is 5.92 Å². The molecule has 1 aromatic rings. The maximum atomic E-state index is 6.16. The van der Waals surface area contributed by atoms with Crippen molar-refractivity contribution in [3.8, 4) is 0 Å². The molecule has 20 heavy (non-hydrogen) atoms. The molecule has 4 heteroatoms. The minimum atomic E-state index is -0.235. The number of rotatable bonds is 3. The summed E-state index contributed by atoms with van der Waals surface area (Å²) < 4.78 is 6.16. The van der Waals surface area contributed by atoms with Crippen LogP contribution >= 0.6 is 0 Å². The zero-order valence-electron chi connectivity index (χ0n) is 12.6. The topological polar surface area (TPSA) is 47.0 Å². The molecular formula is C16H25N3O. The number of aromatic nitrogens is 2. The molecule has 1 aromatic heterocycles. The Morgan fingerprint density at radius 2 is 2.20 bits per heavy atom. The van der Waals surface area contributed by atoms with Crippen LogP contribution in [0.25, 0.3) is 0 Å². The maximum absolute atomic E-state index is 6.16. The summed E-state index contributed by atoms with van der Waals surface area (Å²) >= 11 is 0. The lowest BCUT2D eigenvalue weighted by molar-refractivity contribution is -0.0838. The van der Waals surface area contributed by atoms with Crippen molar-refractivity contribution in [1.29, 1.82) is 0 Å². The van der Waals surface area contributed by atoms with E-state index in [1.165, 1.54) is 24.1 Å². The number of hydrogen-bond acceptors (Lipinski definition) is 4. The first-order valence-electron chi connectivity index (χ1n) is 7.93. The van der Waals surface area contributed by atoms with Gasteiger partial charge in [0.05, 0.1) is 0 Å². The van der Waals surface area contributed by atoms with Crippen molar-refractivity contribution >= 4 is 0 Å². The standard InChI is InChI=1S/C16H25N3O/c1-3-20-16(7-4-12(2)5-8-16)15-18-11-13-10-17-9-6-14(13)19-15/h11-12,17H,3-10H2,1-2H3. The lowest BCUT2D eigenvalue weighted by atomic mass is 9.78. The normalized spacial score (nSPS) is 30.0. The van der Waals surface area contributed by atoms with Gasteiger partial charge in [0, 0.05) is 43.6 Å². The summed E-state index contributed by atoms with van der Waals surface area (Å²) in [6.45, 7) is 7.05. The number of hydrogen-bond donors (Lipinski definition) is 1. The summed E-state index contributed by atoms with van der Waals surface area (Å²) in [7, 11) is 0. The van der Waals surface area contributed by atoms with Crippen LogP contribution in [0.3, 0.4) is 0 Å². The van der Waals surface area contributed by atoms with Crippen LogP contribution in [0.4, 0.5) is 0 Å². The monoisotopic (exact) mass is 275 g/mol. The van der Waals surface area contributed by atoms with E-state index in [4.69, 9.17) is 9.72 Å². The molecule has 0 aromatic carbocycles. The molecule has 1 aliphatic carbocycles. The Labute approximate surface area is 121 Å². The Morgan fingerprint density at radius 1 is 1.40 bits per heavy atom. The second-order valence-corrected chi connectivity index (χ2v) is 6.20. The van der Waals surface area contributed by atoms with Gasteiger partial charge in [0.2, 0.25) is 0 Å². The summed E-state index contributed by atoms with van der Waals surface area (Å²) in [6, 6.07) is 0. The minimum absolute atomic E-state index is 0.235. The highest BCUT2D eigenvalue weighted by atomic mass is 16.5. The summed E-state index contributed by atoms with van der Waals surface area (Å²) in [5, 5.41) is 3.37. The Hall–Kier alpha value is -1.00. The van der Waals surface area contributed by atoms with E-state index in [2.05, 4.69) is 24.1 Å². The van der Waals surface area contributed by atoms with Crippen LogP contribution in [0.1, 0.15) is 56.6 Å². The predicted octanol–water partition coefficient (Wildman–Crippen LogP) is 2.56. The maximum Gasteiger partial charge on any atom is 0.160 e. The van der Waals surface area contributed by atoms with Crippen molar-refractivity contribution in [2.75, 3.05) is 13.2 Å². The van der Waals surface area contributed by atoms with Gasteiger partial charge >= 0.3 is 0 Å². The van der Waals surface area contributed by atoms with E-state index in [1.54, 1.807) is 0 Å². The third-order valence-corrected chi connectivity index (χ3v) is 4.72. The summed E-state index contributed by atoms with van der Waals surface area (Å²) in [4.78, 5) is 9.53. The van der Waals surface area contributed by atoms with Gasteiger partial charge in [-0.3, -0.25) is 0 Å². The van der Waals surface area contributed by atoms with Crippen molar-refractivity contribution in [3.63, 3.8) is 0 Å². The molecule has 0 radical (unpaired) electrons. The van der Waals surface area contributed by atoms with Crippen LogP contribution in [-0.2, 0) is 23.3 Å². The Bertz CT molecular complexity index is 467. The van der Waals surface area contributed by atoms with E-state index < -0.39 is 0 Å². The fraction of sp³-hybridized carbons (Fsp3) is 0.750. The third-order valence-electron chi connectivity index (χ3n) is 4.72. The van der Waals surface area contributed by atoms with Gasteiger partial charge in [-0.2, -0.15) is 0 Å². The molecule has 1 aliphatic heterocycles. The summed E-state index contributed by atoms with van der Waals surface area (Å²) in [5.41, 5.74) is 2.23. The highest BCUT2D eigenvalue weighted by molar-refractivity contribution is 5.22. The van der Waals surface area contributed by atoms with Crippen LogP contribution < -0.4 is 5.32 Å². The van der Waals surface area contributed by atoms with Gasteiger partial charge in [-0.15, -0.1) is 0 Å². The molecule has 1 N–H and O–H groups in total. The fourth-order valence-electron chi connectivity index (χ4n) is 3.39. The molecule has 110 valence electrons. The van der Waals surface area contributed by atoms with Gasteiger partial charge in [0.25, 0.3) is 0 Å². The molecule has 1 saturated carbocycles. The molecule has 1 fully saturated rings. The second kappa shape index (κ2) is 5.78. The van der Waals surface area contributed by atoms with E-state index in [0.29, 0.717) is 0 Å². The van der Waals surface area contributed by atoms with Gasteiger partial charge in [-0.05, 0) is 38.5 Å². The molecule has 0 atom stereocenters. The Morgan fingerprint density at radius 3 is 2.95 bits per heavy atom. The summed E-state index contributed by atoms with van der Waals surface area (Å²) in [5.74, 6) is 1.72. The van der Waals surface area contributed by atoms with Crippen molar-refractivity contribution in [2.24, 2.45) is 5.92 Å². The van der Waals surface area contributed by atoms with Crippen molar-refractivity contribution in [2.45, 2.75) is 58.1 Å². The first kappa shape index (κ1) is 14.0. The largest absolute Gasteiger partial charge is 0.367 e.